The van der Waals surface area contributed by atoms with Crippen molar-refractivity contribution in [2.45, 2.75) is 6.42 Å². The quantitative estimate of drug-likeness (QED) is 0.651. The van der Waals surface area contributed by atoms with Crippen molar-refractivity contribution in [1.82, 2.24) is 0 Å². The summed E-state index contributed by atoms with van der Waals surface area (Å²) in [5, 5.41) is 0. The second-order valence-electron chi connectivity index (χ2n) is 6.38. The minimum absolute atomic E-state index is 0.0199. The molecule has 9 heteroatoms. The molecule has 0 fully saturated rings. The van der Waals surface area contributed by atoms with Gasteiger partial charge in [-0.1, -0.05) is 18.2 Å². The summed E-state index contributed by atoms with van der Waals surface area (Å²) in [6.07, 6.45) is -0.0199. The van der Waals surface area contributed by atoms with Crippen molar-refractivity contribution in [3.05, 3.63) is 48.0 Å². The Balaban J connectivity index is 1.70. The Morgan fingerprint density at radius 1 is 1.10 bits per heavy atom. The number of nitrogens with two attached hydrogens (primary N) is 1. The van der Waals surface area contributed by atoms with Gasteiger partial charge >= 0.3 is 5.97 Å². The first-order valence-corrected chi connectivity index (χ1v) is 9.28. The van der Waals surface area contributed by atoms with E-state index in [1.54, 1.807) is 30.3 Å². The minimum Gasteiger partial charge on any atom is -0.493 e. The molecule has 9 nitrogen and oxygen atoms in total. The largest absolute Gasteiger partial charge is 0.493 e. The van der Waals surface area contributed by atoms with Gasteiger partial charge in [0, 0.05) is 18.7 Å². The highest BCUT2D eigenvalue weighted by Gasteiger charge is 2.23. The van der Waals surface area contributed by atoms with Crippen molar-refractivity contribution < 1.29 is 33.3 Å². The van der Waals surface area contributed by atoms with Gasteiger partial charge in [-0.2, -0.15) is 0 Å². The van der Waals surface area contributed by atoms with Crippen LogP contribution in [0.2, 0.25) is 0 Å². The fraction of sp³-hybridized carbons (Fsp3) is 0.286. The fourth-order valence-electron chi connectivity index (χ4n) is 2.91. The van der Waals surface area contributed by atoms with E-state index in [9.17, 15) is 14.4 Å². The number of benzene rings is 2. The maximum Gasteiger partial charge on any atom is 0.338 e. The molecule has 0 saturated carbocycles. The first-order chi connectivity index (χ1) is 14.5. The highest BCUT2D eigenvalue weighted by atomic mass is 16.6. The van der Waals surface area contributed by atoms with Gasteiger partial charge in [-0.05, 0) is 24.3 Å². The molecule has 0 bridgehead atoms. The van der Waals surface area contributed by atoms with E-state index in [4.69, 9.17) is 24.7 Å². The number of nitrogens with zero attached hydrogens (tertiary/aromatic N) is 1. The van der Waals surface area contributed by atoms with E-state index in [2.05, 4.69) is 0 Å². The molecule has 158 valence electrons. The molecule has 2 aromatic carbocycles. The predicted molar refractivity (Wildman–Crippen MR) is 107 cm³/mol. The van der Waals surface area contributed by atoms with Gasteiger partial charge in [-0.3, -0.25) is 9.59 Å². The number of hydrogen-bond acceptors (Lipinski definition) is 7. The van der Waals surface area contributed by atoms with Crippen LogP contribution in [-0.4, -0.2) is 51.3 Å². The van der Waals surface area contributed by atoms with Crippen LogP contribution in [0, 0.1) is 0 Å². The normalized spacial score (nSPS) is 12.0. The van der Waals surface area contributed by atoms with Gasteiger partial charge in [-0.15, -0.1) is 0 Å². The molecule has 0 spiro atoms. The number of primary amides is 1. The zero-order chi connectivity index (χ0) is 21.5. The standard InChI is InChI=1S/C21H22N2O7/c1-27-16-11-14(12-17-20(16)29-10-9-28-17)21(26)30-13-19(25)23(8-7-18(22)24)15-5-3-2-4-6-15/h2-6,11-12H,7-10,13H2,1H3,(H2,22,24). The molecule has 0 aromatic heterocycles. The van der Waals surface area contributed by atoms with Crippen LogP contribution in [0.3, 0.4) is 0 Å². The molecule has 0 aliphatic carbocycles. The molecular formula is C21H22N2O7. The van der Waals surface area contributed by atoms with Crippen molar-refractivity contribution in [2.24, 2.45) is 5.73 Å². The monoisotopic (exact) mass is 414 g/mol. The highest BCUT2D eigenvalue weighted by Crippen LogP contribution is 2.40. The average Bonchev–Trinajstić information content (AvgIpc) is 2.77. The summed E-state index contributed by atoms with van der Waals surface area (Å²) in [6, 6.07) is 11.7. The fourth-order valence-corrected chi connectivity index (χ4v) is 2.91. The number of hydrogen-bond donors (Lipinski definition) is 1. The third kappa shape index (κ3) is 4.99. The number of amides is 2. The van der Waals surface area contributed by atoms with Crippen molar-refractivity contribution >= 4 is 23.5 Å². The lowest BCUT2D eigenvalue weighted by atomic mass is 10.1. The number of anilines is 1. The smallest absolute Gasteiger partial charge is 0.338 e. The van der Waals surface area contributed by atoms with Gasteiger partial charge in [-0.25, -0.2) is 4.79 Å². The van der Waals surface area contributed by atoms with E-state index >= 15 is 0 Å². The third-order valence-corrected chi connectivity index (χ3v) is 4.34. The number of carbonyl (C=O) groups excluding carboxylic acids is 3. The van der Waals surface area contributed by atoms with Crippen molar-refractivity contribution in [1.29, 1.82) is 0 Å². The average molecular weight is 414 g/mol. The van der Waals surface area contributed by atoms with E-state index in [1.807, 2.05) is 0 Å². The van der Waals surface area contributed by atoms with Gasteiger partial charge in [0.25, 0.3) is 5.91 Å². The Morgan fingerprint density at radius 2 is 1.83 bits per heavy atom. The molecule has 3 rings (SSSR count). The van der Waals surface area contributed by atoms with Gasteiger partial charge in [0.05, 0.1) is 12.7 Å². The molecule has 1 aliphatic heterocycles. The summed E-state index contributed by atoms with van der Waals surface area (Å²) in [5.74, 6) is -0.631. The molecule has 0 radical (unpaired) electrons. The Hall–Kier alpha value is -3.75. The molecule has 30 heavy (non-hydrogen) atoms. The molecule has 0 unspecified atom stereocenters. The lowest BCUT2D eigenvalue weighted by molar-refractivity contribution is -0.121. The minimum atomic E-state index is -0.721. The van der Waals surface area contributed by atoms with E-state index < -0.39 is 24.4 Å². The van der Waals surface area contributed by atoms with Crippen molar-refractivity contribution in [3.8, 4) is 17.2 Å². The van der Waals surface area contributed by atoms with Crippen LogP contribution >= 0.6 is 0 Å². The lowest BCUT2D eigenvalue weighted by Crippen LogP contribution is -2.37. The molecule has 1 heterocycles. The summed E-state index contributed by atoms with van der Waals surface area (Å²) < 4.78 is 21.4. The van der Waals surface area contributed by atoms with Gasteiger partial charge in [0.1, 0.15) is 13.2 Å². The summed E-state index contributed by atoms with van der Waals surface area (Å²) in [7, 11) is 1.45. The van der Waals surface area contributed by atoms with Crippen LogP contribution in [0.4, 0.5) is 5.69 Å². The highest BCUT2D eigenvalue weighted by molar-refractivity contribution is 5.98. The number of methoxy groups -OCH3 is 1. The number of para-hydroxylation sites is 1. The van der Waals surface area contributed by atoms with E-state index in [0.29, 0.717) is 36.1 Å². The van der Waals surface area contributed by atoms with Gasteiger partial charge in [0.2, 0.25) is 11.7 Å². The Morgan fingerprint density at radius 3 is 2.53 bits per heavy atom. The molecular weight excluding hydrogens is 392 g/mol. The zero-order valence-corrected chi connectivity index (χ0v) is 16.5. The lowest BCUT2D eigenvalue weighted by Gasteiger charge is -2.23. The topological polar surface area (TPSA) is 117 Å². The van der Waals surface area contributed by atoms with Crippen LogP contribution < -0.4 is 24.8 Å². The molecule has 2 aromatic rings. The van der Waals surface area contributed by atoms with Crippen LogP contribution in [0.1, 0.15) is 16.8 Å². The van der Waals surface area contributed by atoms with Crippen LogP contribution in [-0.2, 0) is 14.3 Å². The van der Waals surface area contributed by atoms with Crippen molar-refractivity contribution in [2.75, 3.05) is 38.4 Å². The third-order valence-electron chi connectivity index (χ3n) is 4.34. The summed E-state index contributed by atoms with van der Waals surface area (Å²) in [4.78, 5) is 37.7. The molecule has 0 saturated heterocycles. The van der Waals surface area contributed by atoms with Gasteiger partial charge in [0.15, 0.2) is 18.1 Å². The van der Waals surface area contributed by atoms with Crippen molar-refractivity contribution in [3.63, 3.8) is 0 Å². The maximum atomic E-state index is 12.7. The van der Waals surface area contributed by atoms with Crippen LogP contribution in [0.25, 0.3) is 0 Å². The Labute approximate surface area is 173 Å². The van der Waals surface area contributed by atoms with Crippen LogP contribution in [0.15, 0.2) is 42.5 Å². The maximum absolute atomic E-state index is 12.7. The van der Waals surface area contributed by atoms with Crippen LogP contribution in [0.5, 0.6) is 17.2 Å². The van der Waals surface area contributed by atoms with Gasteiger partial charge < -0.3 is 29.6 Å². The summed E-state index contributed by atoms with van der Waals surface area (Å²) in [5.41, 5.74) is 5.93. The molecule has 2 amide bonds. The molecule has 1 aliphatic rings. The zero-order valence-electron chi connectivity index (χ0n) is 16.5. The number of rotatable bonds is 8. The number of carbonyl (C=O) groups is 3. The van der Waals surface area contributed by atoms with E-state index in [-0.39, 0.29) is 18.5 Å². The SMILES string of the molecule is COc1cc(C(=O)OCC(=O)N(CCC(N)=O)c2ccccc2)cc2c1OCCO2. The molecule has 2 N–H and O–H groups in total. The molecule has 0 atom stereocenters. The number of ether oxygens (including phenoxy) is 4. The Kier molecular flexibility index (Phi) is 6.74. The predicted octanol–water partition coefficient (Wildman–Crippen LogP) is 1.53. The first kappa shape index (κ1) is 21.0. The van der Waals surface area contributed by atoms with E-state index in [1.165, 1.54) is 24.1 Å². The summed E-state index contributed by atoms with van der Waals surface area (Å²) >= 11 is 0. The number of fused-ring (bicyclic) bond motifs is 1. The van der Waals surface area contributed by atoms with E-state index in [0.717, 1.165) is 0 Å². The number of esters is 1. The first-order valence-electron chi connectivity index (χ1n) is 9.28. The Bertz CT molecular complexity index is 913. The second kappa shape index (κ2) is 9.64. The second-order valence-corrected chi connectivity index (χ2v) is 6.38. The summed E-state index contributed by atoms with van der Waals surface area (Å²) in [6.45, 7) is 0.290.